The monoisotopic (exact) mass is 237 g/mol. The van der Waals surface area contributed by atoms with Crippen LogP contribution in [0.15, 0.2) is 36.5 Å². The average Bonchev–Trinajstić information content (AvgIpc) is 2.76. The van der Waals surface area contributed by atoms with Crippen molar-refractivity contribution in [1.82, 2.24) is 4.98 Å². The molecule has 0 saturated heterocycles. The molecule has 1 atom stereocenters. The summed E-state index contributed by atoms with van der Waals surface area (Å²) in [5.74, 6) is 0. The minimum absolute atomic E-state index is 0.126. The van der Waals surface area contributed by atoms with Crippen LogP contribution in [0.25, 0.3) is 0 Å². The van der Waals surface area contributed by atoms with E-state index in [1.54, 1.807) is 24.3 Å². The third-order valence-electron chi connectivity index (χ3n) is 2.43. The Kier molecular flexibility index (Phi) is 2.89. The van der Waals surface area contributed by atoms with Crippen LogP contribution in [0.2, 0.25) is 0 Å². The summed E-state index contributed by atoms with van der Waals surface area (Å²) in [6.45, 7) is -0.126. The average molecular weight is 237 g/mol. The first kappa shape index (κ1) is 11.0. The van der Waals surface area contributed by atoms with Gasteiger partial charge >= 0.3 is 0 Å². The van der Waals surface area contributed by atoms with Gasteiger partial charge < -0.3 is 11.5 Å². The molecule has 0 bridgehead atoms. The molecule has 0 aliphatic heterocycles. The van der Waals surface area contributed by atoms with Gasteiger partial charge in [0.15, 0.2) is 10.8 Å². The second kappa shape index (κ2) is 4.19. The standard InChI is InChI=1S/C11H12FN3S/c12-11(7-13,8-4-2-1-3-5-8)9-6-15-10(14)16-9/h1-6H,7,13H2,(H2,14,15). The number of aromatic nitrogens is 1. The zero-order valence-corrected chi connectivity index (χ0v) is 9.38. The van der Waals surface area contributed by atoms with Crippen molar-refractivity contribution in [3.05, 3.63) is 47.0 Å². The van der Waals surface area contributed by atoms with E-state index < -0.39 is 5.67 Å². The molecule has 0 spiro atoms. The van der Waals surface area contributed by atoms with Crippen molar-refractivity contribution in [2.75, 3.05) is 12.3 Å². The number of anilines is 1. The summed E-state index contributed by atoms with van der Waals surface area (Å²) in [6, 6.07) is 8.82. The maximum absolute atomic E-state index is 14.8. The molecule has 2 rings (SSSR count). The lowest BCUT2D eigenvalue weighted by atomic mass is 9.95. The van der Waals surface area contributed by atoms with Crippen molar-refractivity contribution in [3.63, 3.8) is 0 Å². The SMILES string of the molecule is NCC(F)(c1ccccc1)c1cnc(N)s1. The van der Waals surface area contributed by atoms with Gasteiger partial charge in [-0.2, -0.15) is 0 Å². The van der Waals surface area contributed by atoms with Crippen molar-refractivity contribution in [2.45, 2.75) is 5.67 Å². The lowest BCUT2D eigenvalue weighted by Crippen LogP contribution is -2.30. The van der Waals surface area contributed by atoms with Crippen LogP contribution in [0.3, 0.4) is 0 Å². The van der Waals surface area contributed by atoms with Gasteiger partial charge in [0.05, 0.1) is 4.88 Å². The number of nitrogens with zero attached hydrogens (tertiary/aromatic N) is 1. The van der Waals surface area contributed by atoms with Crippen molar-refractivity contribution < 1.29 is 4.39 Å². The normalized spacial score (nSPS) is 14.6. The molecular weight excluding hydrogens is 225 g/mol. The van der Waals surface area contributed by atoms with Crippen LogP contribution in [-0.2, 0) is 5.67 Å². The van der Waals surface area contributed by atoms with Crippen LogP contribution >= 0.6 is 11.3 Å². The molecule has 0 aliphatic rings. The smallest absolute Gasteiger partial charge is 0.183 e. The van der Waals surface area contributed by atoms with E-state index in [1.165, 1.54) is 6.20 Å². The molecule has 1 aromatic carbocycles. The summed E-state index contributed by atoms with van der Waals surface area (Å²) in [5.41, 5.74) is 9.88. The van der Waals surface area contributed by atoms with Gasteiger partial charge in [0, 0.05) is 12.7 Å². The third kappa shape index (κ3) is 1.79. The first-order valence-electron chi connectivity index (χ1n) is 4.83. The molecule has 5 heteroatoms. The highest BCUT2D eigenvalue weighted by atomic mass is 32.1. The van der Waals surface area contributed by atoms with Gasteiger partial charge in [-0.1, -0.05) is 41.7 Å². The Morgan fingerprint density at radius 2 is 2.00 bits per heavy atom. The molecule has 1 aromatic heterocycles. The number of alkyl halides is 1. The van der Waals surface area contributed by atoms with E-state index in [4.69, 9.17) is 11.5 Å². The summed E-state index contributed by atoms with van der Waals surface area (Å²) in [5, 5.41) is 0.349. The number of nitrogen functional groups attached to an aromatic ring is 1. The van der Waals surface area contributed by atoms with Crippen LogP contribution in [-0.4, -0.2) is 11.5 Å². The third-order valence-corrected chi connectivity index (χ3v) is 3.39. The van der Waals surface area contributed by atoms with Crippen LogP contribution in [0.5, 0.6) is 0 Å². The van der Waals surface area contributed by atoms with Crippen molar-refractivity contribution in [1.29, 1.82) is 0 Å². The van der Waals surface area contributed by atoms with E-state index in [0.717, 1.165) is 11.3 Å². The summed E-state index contributed by atoms with van der Waals surface area (Å²) in [4.78, 5) is 4.30. The minimum atomic E-state index is -1.70. The maximum Gasteiger partial charge on any atom is 0.183 e. The van der Waals surface area contributed by atoms with Crippen LogP contribution in [0.1, 0.15) is 10.4 Å². The number of nitrogens with two attached hydrogens (primary N) is 2. The van der Waals surface area contributed by atoms with E-state index in [0.29, 0.717) is 15.6 Å². The Morgan fingerprint density at radius 1 is 1.31 bits per heavy atom. The van der Waals surface area contributed by atoms with Crippen LogP contribution < -0.4 is 11.5 Å². The van der Waals surface area contributed by atoms with Gasteiger partial charge in [0.25, 0.3) is 0 Å². The van der Waals surface area contributed by atoms with Gasteiger partial charge in [-0.05, 0) is 5.56 Å². The molecule has 16 heavy (non-hydrogen) atoms. The fourth-order valence-electron chi connectivity index (χ4n) is 1.53. The molecule has 3 nitrogen and oxygen atoms in total. The number of thiazole rings is 1. The molecule has 0 aliphatic carbocycles. The second-order valence-electron chi connectivity index (χ2n) is 3.43. The highest BCUT2D eigenvalue weighted by Gasteiger charge is 2.34. The molecule has 0 amide bonds. The number of hydrogen-bond donors (Lipinski definition) is 2. The highest BCUT2D eigenvalue weighted by Crippen LogP contribution is 2.36. The number of rotatable bonds is 3. The van der Waals surface area contributed by atoms with E-state index in [-0.39, 0.29) is 6.54 Å². The molecule has 2 aromatic rings. The van der Waals surface area contributed by atoms with Gasteiger partial charge in [0.1, 0.15) is 0 Å². The first-order chi connectivity index (χ1) is 7.66. The van der Waals surface area contributed by atoms with E-state index in [9.17, 15) is 4.39 Å². The van der Waals surface area contributed by atoms with Crippen LogP contribution in [0.4, 0.5) is 9.52 Å². The quantitative estimate of drug-likeness (QED) is 0.856. The Morgan fingerprint density at radius 3 is 2.50 bits per heavy atom. The number of benzene rings is 1. The predicted molar refractivity (Wildman–Crippen MR) is 63.9 cm³/mol. The summed E-state index contributed by atoms with van der Waals surface area (Å²) >= 11 is 1.13. The predicted octanol–water partition coefficient (Wildman–Crippen LogP) is 1.90. The Bertz CT molecular complexity index is 471. The van der Waals surface area contributed by atoms with Gasteiger partial charge in [-0.15, -0.1) is 0 Å². The Balaban J connectivity index is 2.48. The van der Waals surface area contributed by atoms with Crippen molar-refractivity contribution >= 4 is 16.5 Å². The summed E-state index contributed by atoms with van der Waals surface area (Å²) < 4.78 is 14.8. The zero-order chi connectivity index (χ0) is 11.6. The molecule has 4 N–H and O–H groups in total. The van der Waals surface area contributed by atoms with Gasteiger partial charge in [-0.25, -0.2) is 9.37 Å². The van der Waals surface area contributed by atoms with E-state index in [2.05, 4.69) is 4.98 Å². The second-order valence-corrected chi connectivity index (χ2v) is 4.50. The fraction of sp³-hybridized carbons (Fsp3) is 0.182. The molecular formula is C11H12FN3S. The highest BCUT2D eigenvalue weighted by molar-refractivity contribution is 7.15. The van der Waals surface area contributed by atoms with Gasteiger partial charge in [-0.3, -0.25) is 0 Å². The molecule has 0 saturated carbocycles. The lowest BCUT2D eigenvalue weighted by Gasteiger charge is -2.22. The van der Waals surface area contributed by atoms with Crippen molar-refractivity contribution in [2.24, 2.45) is 5.73 Å². The molecule has 0 radical (unpaired) electrons. The fourth-order valence-corrected chi connectivity index (χ4v) is 2.33. The summed E-state index contributed by atoms with van der Waals surface area (Å²) in [6.07, 6.45) is 1.44. The Hall–Kier alpha value is -1.46. The first-order valence-corrected chi connectivity index (χ1v) is 5.65. The minimum Gasteiger partial charge on any atom is -0.375 e. The van der Waals surface area contributed by atoms with Gasteiger partial charge in [0.2, 0.25) is 0 Å². The number of hydrogen-bond acceptors (Lipinski definition) is 4. The lowest BCUT2D eigenvalue weighted by molar-refractivity contribution is 0.238. The topological polar surface area (TPSA) is 64.9 Å². The van der Waals surface area contributed by atoms with Crippen LogP contribution in [0, 0.1) is 0 Å². The molecule has 0 fully saturated rings. The molecule has 1 unspecified atom stereocenters. The zero-order valence-electron chi connectivity index (χ0n) is 8.56. The Labute approximate surface area is 96.9 Å². The largest absolute Gasteiger partial charge is 0.375 e. The molecule has 1 heterocycles. The van der Waals surface area contributed by atoms with E-state index >= 15 is 0 Å². The van der Waals surface area contributed by atoms with Crippen molar-refractivity contribution in [3.8, 4) is 0 Å². The van der Waals surface area contributed by atoms with E-state index in [1.807, 2.05) is 6.07 Å². The maximum atomic E-state index is 14.8. The number of halogens is 1. The molecule has 84 valence electrons. The summed E-state index contributed by atoms with van der Waals surface area (Å²) in [7, 11) is 0.